The van der Waals surface area contributed by atoms with Crippen molar-refractivity contribution in [1.29, 1.82) is 0 Å². The molecule has 0 aliphatic heterocycles. The van der Waals surface area contributed by atoms with Crippen molar-refractivity contribution in [1.82, 2.24) is 0 Å². The first kappa shape index (κ1) is 22.0. The molecule has 5 heteroatoms. The zero-order valence-corrected chi connectivity index (χ0v) is 15.2. The summed E-state index contributed by atoms with van der Waals surface area (Å²) in [4.78, 5) is 0. The number of rotatable bonds is 13. The average Bonchev–Trinajstić information content (AvgIpc) is 2.53. The molecule has 0 spiro atoms. The molecule has 1 rings (SSSR count). The number of hydrogen-bond acceptors (Lipinski definition) is 3. The van der Waals surface area contributed by atoms with Crippen LogP contribution in [0.4, 0.5) is 8.78 Å². The minimum atomic E-state index is -2.66. The molecule has 0 aliphatic rings. The Morgan fingerprint density at radius 1 is 0.880 bits per heavy atom. The van der Waals surface area contributed by atoms with Crippen LogP contribution in [0.2, 0.25) is 0 Å². The normalized spacial score (nSPS) is 13.2. The fraction of sp³-hybridized carbons (Fsp3) is 0.700. The summed E-state index contributed by atoms with van der Waals surface area (Å²) in [5, 5.41) is 28.6. The number of unbranched alkanes of at least 4 members (excludes halogenated alkanes) is 6. The van der Waals surface area contributed by atoms with Gasteiger partial charge < -0.3 is 15.3 Å². The van der Waals surface area contributed by atoms with Crippen LogP contribution in [-0.4, -0.2) is 21.3 Å². The lowest BCUT2D eigenvalue weighted by Gasteiger charge is -2.26. The van der Waals surface area contributed by atoms with Crippen molar-refractivity contribution in [2.24, 2.45) is 5.92 Å². The summed E-state index contributed by atoms with van der Waals surface area (Å²) in [6, 6.07) is 3.55. The molecule has 0 amide bonds. The summed E-state index contributed by atoms with van der Waals surface area (Å²) in [5.41, 5.74) is 0.456. The van der Waals surface area contributed by atoms with Crippen LogP contribution in [0.25, 0.3) is 0 Å². The highest BCUT2D eigenvalue weighted by molar-refractivity contribution is 5.18. The maximum Gasteiger partial charge on any atom is 0.278 e. The molecule has 144 valence electrons. The van der Waals surface area contributed by atoms with E-state index >= 15 is 0 Å². The van der Waals surface area contributed by atoms with Gasteiger partial charge in [-0.15, -0.1) is 0 Å². The van der Waals surface area contributed by atoms with Crippen molar-refractivity contribution >= 4 is 0 Å². The van der Waals surface area contributed by atoms with Crippen LogP contribution in [0.15, 0.2) is 18.2 Å². The molecule has 1 unspecified atom stereocenters. The Labute approximate surface area is 149 Å². The first-order valence-electron chi connectivity index (χ1n) is 9.45. The highest BCUT2D eigenvalue weighted by atomic mass is 19.1. The molecule has 0 aromatic heterocycles. The lowest BCUT2D eigenvalue weighted by Crippen LogP contribution is -2.37. The highest BCUT2D eigenvalue weighted by Crippen LogP contribution is 2.26. The van der Waals surface area contributed by atoms with E-state index in [0.717, 1.165) is 25.3 Å². The van der Waals surface area contributed by atoms with Crippen LogP contribution >= 0.6 is 0 Å². The molecular formula is C20H32F2O3. The fourth-order valence-electron chi connectivity index (χ4n) is 3.13. The van der Waals surface area contributed by atoms with Crippen molar-refractivity contribution < 1.29 is 24.1 Å². The van der Waals surface area contributed by atoms with Crippen molar-refractivity contribution in [2.75, 3.05) is 0 Å². The highest BCUT2D eigenvalue weighted by Gasteiger charge is 2.30. The van der Waals surface area contributed by atoms with Crippen LogP contribution in [0, 0.1) is 17.6 Å². The lowest BCUT2D eigenvalue weighted by molar-refractivity contribution is -0.344. The van der Waals surface area contributed by atoms with Crippen molar-refractivity contribution in [3.63, 3.8) is 0 Å². The summed E-state index contributed by atoms with van der Waals surface area (Å²) in [6.45, 7) is 2.16. The van der Waals surface area contributed by atoms with Crippen molar-refractivity contribution in [3.05, 3.63) is 35.4 Å². The third-order valence-electron chi connectivity index (χ3n) is 4.72. The Morgan fingerprint density at radius 2 is 1.48 bits per heavy atom. The van der Waals surface area contributed by atoms with E-state index in [9.17, 15) is 24.1 Å². The maximum absolute atomic E-state index is 13.6. The number of benzene rings is 1. The number of aryl methyl sites for hydroxylation is 1. The van der Waals surface area contributed by atoms with Gasteiger partial charge in [0.2, 0.25) is 0 Å². The summed E-state index contributed by atoms with van der Waals surface area (Å²) in [7, 11) is 0. The molecule has 0 bridgehead atoms. The van der Waals surface area contributed by atoms with E-state index in [1.54, 1.807) is 0 Å². The lowest BCUT2D eigenvalue weighted by atomic mass is 9.92. The molecule has 0 saturated heterocycles. The Kier molecular flexibility index (Phi) is 10.2. The molecule has 1 aromatic rings. The Morgan fingerprint density at radius 3 is 2.08 bits per heavy atom. The molecular weight excluding hydrogens is 326 g/mol. The Balaban J connectivity index is 2.30. The second kappa shape index (κ2) is 11.6. The Hall–Kier alpha value is -1.04. The van der Waals surface area contributed by atoms with E-state index in [-0.39, 0.29) is 0 Å². The predicted molar refractivity (Wildman–Crippen MR) is 94.8 cm³/mol. The van der Waals surface area contributed by atoms with E-state index in [4.69, 9.17) is 0 Å². The average molecular weight is 358 g/mol. The number of aliphatic hydroxyl groups is 3. The molecule has 25 heavy (non-hydrogen) atoms. The van der Waals surface area contributed by atoms with Gasteiger partial charge in [0, 0.05) is 12.0 Å². The molecule has 1 aromatic carbocycles. The minimum Gasteiger partial charge on any atom is -0.343 e. The molecule has 3 nitrogen and oxygen atoms in total. The molecule has 3 N–H and O–H groups in total. The maximum atomic E-state index is 13.6. The van der Waals surface area contributed by atoms with Gasteiger partial charge in [0.25, 0.3) is 5.97 Å². The third kappa shape index (κ3) is 9.28. The Bertz CT molecular complexity index is 486. The van der Waals surface area contributed by atoms with E-state index in [1.807, 2.05) is 0 Å². The van der Waals surface area contributed by atoms with Crippen LogP contribution < -0.4 is 0 Å². The van der Waals surface area contributed by atoms with Crippen LogP contribution in [0.1, 0.15) is 76.7 Å². The second-order valence-electron chi connectivity index (χ2n) is 6.92. The summed E-state index contributed by atoms with van der Waals surface area (Å²) < 4.78 is 26.4. The zero-order chi connectivity index (χ0) is 18.7. The number of hydrogen-bond donors (Lipinski definition) is 3. The first-order valence-corrected chi connectivity index (χ1v) is 9.45. The monoisotopic (exact) mass is 358 g/mol. The van der Waals surface area contributed by atoms with Gasteiger partial charge in [-0.2, -0.15) is 0 Å². The molecule has 1 atom stereocenters. The van der Waals surface area contributed by atoms with E-state index in [1.165, 1.54) is 31.4 Å². The molecule has 0 aliphatic carbocycles. The van der Waals surface area contributed by atoms with Gasteiger partial charge in [-0.3, -0.25) is 0 Å². The first-order chi connectivity index (χ1) is 11.8. The smallest absolute Gasteiger partial charge is 0.278 e. The van der Waals surface area contributed by atoms with Crippen LogP contribution in [0.5, 0.6) is 0 Å². The standard InChI is InChI=1S/C20H32F2O3/c1-2-3-4-5-6-7-11-17(20(23,24)25)12-9-8-10-16-13-14-18(21)15-19(16)22/h13-15,17,23-25H,2-12H2,1H3. The summed E-state index contributed by atoms with van der Waals surface area (Å²) in [6.07, 6.45) is 9.35. The SMILES string of the molecule is CCCCCCCCC(CCCCc1ccc(F)cc1F)C(O)(O)O. The van der Waals surface area contributed by atoms with Gasteiger partial charge in [-0.25, -0.2) is 8.78 Å². The van der Waals surface area contributed by atoms with E-state index in [2.05, 4.69) is 6.92 Å². The largest absolute Gasteiger partial charge is 0.343 e. The zero-order valence-electron chi connectivity index (χ0n) is 15.2. The topological polar surface area (TPSA) is 60.7 Å². The molecule has 0 fully saturated rings. The van der Waals surface area contributed by atoms with Gasteiger partial charge in [-0.1, -0.05) is 57.9 Å². The van der Waals surface area contributed by atoms with Gasteiger partial charge in [0.05, 0.1) is 0 Å². The van der Waals surface area contributed by atoms with Gasteiger partial charge >= 0.3 is 0 Å². The van der Waals surface area contributed by atoms with E-state index < -0.39 is 23.5 Å². The second-order valence-corrected chi connectivity index (χ2v) is 6.92. The van der Waals surface area contributed by atoms with Crippen LogP contribution in [-0.2, 0) is 6.42 Å². The molecule has 0 saturated carbocycles. The van der Waals surface area contributed by atoms with Gasteiger partial charge in [0.1, 0.15) is 11.6 Å². The van der Waals surface area contributed by atoms with Crippen molar-refractivity contribution in [2.45, 2.75) is 83.5 Å². The quantitative estimate of drug-likeness (QED) is 0.354. The fourth-order valence-corrected chi connectivity index (χ4v) is 3.13. The van der Waals surface area contributed by atoms with Crippen LogP contribution in [0.3, 0.4) is 0 Å². The van der Waals surface area contributed by atoms with Crippen molar-refractivity contribution in [3.8, 4) is 0 Å². The predicted octanol–water partition coefficient (Wildman–Crippen LogP) is 4.68. The minimum absolute atomic E-state index is 0.456. The van der Waals surface area contributed by atoms with E-state index in [0.29, 0.717) is 37.7 Å². The van der Waals surface area contributed by atoms with Gasteiger partial charge in [0.15, 0.2) is 0 Å². The summed E-state index contributed by atoms with van der Waals surface area (Å²) >= 11 is 0. The third-order valence-corrected chi connectivity index (χ3v) is 4.72. The molecule has 0 radical (unpaired) electrons. The molecule has 0 heterocycles. The van der Waals surface area contributed by atoms with Gasteiger partial charge in [-0.05, 0) is 37.3 Å². The number of halogens is 2. The summed E-state index contributed by atoms with van der Waals surface area (Å²) in [5.74, 6) is -4.41.